The minimum absolute atomic E-state index is 0.0535. The third-order valence-electron chi connectivity index (χ3n) is 2.73. The molecule has 5 heteroatoms. The van der Waals surface area contributed by atoms with Gasteiger partial charge in [0.05, 0.1) is 30.6 Å². The predicted molar refractivity (Wildman–Crippen MR) is 56.2 cm³/mol. The number of nitrogens with two attached hydrogens (primary N) is 1. The summed E-state index contributed by atoms with van der Waals surface area (Å²) in [6, 6.07) is -0.0535. The van der Waals surface area contributed by atoms with Crippen molar-refractivity contribution in [2.45, 2.75) is 51.5 Å². The van der Waals surface area contributed by atoms with Crippen molar-refractivity contribution in [3.63, 3.8) is 0 Å². The van der Waals surface area contributed by atoms with Gasteiger partial charge in [-0.2, -0.15) is 0 Å². The van der Waals surface area contributed by atoms with Crippen LogP contribution in [0.3, 0.4) is 0 Å². The van der Waals surface area contributed by atoms with E-state index in [0.717, 1.165) is 25.1 Å². The Morgan fingerprint density at radius 1 is 1.67 bits per heavy atom. The molecule has 0 bridgehead atoms. The van der Waals surface area contributed by atoms with Crippen molar-refractivity contribution >= 4 is 0 Å². The van der Waals surface area contributed by atoms with E-state index < -0.39 is 0 Å². The average Bonchev–Trinajstić information content (AvgIpc) is 2.76. The van der Waals surface area contributed by atoms with Gasteiger partial charge in [0, 0.05) is 6.04 Å². The number of ether oxygens (including phenoxy) is 1. The van der Waals surface area contributed by atoms with E-state index in [2.05, 4.69) is 17.2 Å². The molecule has 1 aromatic rings. The molecule has 3 atom stereocenters. The first-order chi connectivity index (χ1) is 7.15. The van der Waals surface area contributed by atoms with Gasteiger partial charge in [0.1, 0.15) is 0 Å². The second-order valence-corrected chi connectivity index (χ2v) is 4.30. The molecular weight excluding hydrogens is 192 g/mol. The highest BCUT2D eigenvalue weighted by Crippen LogP contribution is 2.20. The summed E-state index contributed by atoms with van der Waals surface area (Å²) in [6.07, 6.45) is 4.81. The first kappa shape index (κ1) is 10.6. The first-order valence-corrected chi connectivity index (χ1v) is 5.46. The Hall–Kier alpha value is -0.940. The van der Waals surface area contributed by atoms with Crippen LogP contribution in [0.1, 0.15) is 38.4 Å². The van der Waals surface area contributed by atoms with Gasteiger partial charge in [-0.25, -0.2) is 4.68 Å². The third-order valence-corrected chi connectivity index (χ3v) is 2.73. The fraction of sp³-hybridized carbons (Fsp3) is 0.800. The Labute approximate surface area is 89.6 Å². The van der Waals surface area contributed by atoms with Crippen molar-refractivity contribution in [3.8, 4) is 0 Å². The molecule has 0 aliphatic carbocycles. The maximum atomic E-state index is 5.72. The smallest absolute Gasteiger partial charge is 0.0991 e. The van der Waals surface area contributed by atoms with Crippen molar-refractivity contribution in [2.24, 2.45) is 5.73 Å². The predicted octanol–water partition coefficient (Wildman–Crippen LogP) is 0.865. The monoisotopic (exact) mass is 210 g/mol. The maximum absolute atomic E-state index is 5.72. The first-order valence-electron chi connectivity index (χ1n) is 5.46. The molecule has 0 aromatic carbocycles. The summed E-state index contributed by atoms with van der Waals surface area (Å²) in [5.41, 5.74) is 6.54. The van der Waals surface area contributed by atoms with E-state index in [1.165, 1.54) is 0 Å². The third kappa shape index (κ3) is 2.54. The zero-order chi connectivity index (χ0) is 10.8. The molecule has 84 valence electrons. The van der Waals surface area contributed by atoms with Crippen molar-refractivity contribution in [1.29, 1.82) is 0 Å². The van der Waals surface area contributed by atoms with Crippen LogP contribution in [0.4, 0.5) is 0 Å². The van der Waals surface area contributed by atoms with Crippen LogP contribution in [0.5, 0.6) is 0 Å². The van der Waals surface area contributed by atoms with E-state index in [0.29, 0.717) is 6.10 Å². The summed E-state index contributed by atoms with van der Waals surface area (Å²) in [5.74, 6) is 0. The summed E-state index contributed by atoms with van der Waals surface area (Å²) in [7, 11) is 0. The van der Waals surface area contributed by atoms with E-state index >= 15 is 0 Å². The normalized spacial score (nSPS) is 28.2. The second kappa shape index (κ2) is 4.28. The quantitative estimate of drug-likeness (QED) is 0.803. The van der Waals surface area contributed by atoms with E-state index in [-0.39, 0.29) is 12.1 Å². The SMILES string of the molecule is CC1CCC(Cn2cc(C(C)N)nn2)O1. The van der Waals surface area contributed by atoms with Gasteiger partial charge in [0.25, 0.3) is 0 Å². The van der Waals surface area contributed by atoms with Crippen LogP contribution in [-0.4, -0.2) is 27.2 Å². The molecule has 2 heterocycles. The fourth-order valence-electron chi connectivity index (χ4n) is 1.84. The van der Waals surface area contributed by atoms with Gasteiger partial charge in [-0.3, -0.25) is 0 Å². The van der Waals surface area contributed by atoms with E-state index in [1.807, 2.05) is 17.8 Å². The van der Waals surface area contributed by atoms with E-state index in [4.69, 9.17) is 10.5 Å². The number of nitrogens with zero attached hydrogens (tertiary/aromatic N) is 3. The Bertz CT molecular complexity index is 323. The molecule has 0 amide bonds. The number of hydrogen-bond donors (Lipinski definition) is 1. The number of hydrogen-bond acceptors (Lipinski definition) is 4. The summed E-state index contributed by atoms with van der Waals surface area (Å²) < 4.78 is 7.54. The summed E-state index contributed by atoms with van der Waals surface area (Å²) in [6.45, 7) is 4.79. The molecule has 1 saturated heterocycles. The molecular formula is C10H18N4O. The number of rotatable bonds is 3. The molecule has 15 heavy (non-hydrogen) atoms. The van der Waals surface area contributed by atoms with Gasteiger partial charge in [-0.05, 0) is 26.7 Å². The highest BCUT2D eigenvalue weighted by Gasteiger charge is 2.22. The Balaban J connectivity index is 1.93. The van der Waals surface area contributed by atoms with E-state index in [9.17, 15) is 0 Å². The Kier molecular flexibility index (Phi) is 3.02. The van der Waals surface area contributed by atoms with Gasteiger partial charge in [0.15, 0.2) is 0 Å². The molecule has 0 saturated carbocycles. The van der Waals surface area contributed by atoms with Gasteiger partial charge >= 0.3 is 0 Å². The van der Waals surface area contributed by atoms with Gasteiger partial charge < -0.3 is 10.5 Å². The summed E-state index contributed by atoms with van der Waals surface area (Å²) >= 11 is 0. The highest BCUT2D eigenvalue weighted by atomic mass is 16.5. The van der Waals surface area contributed by atoms with Gasteiger partial charge in [0.2, 0.25) is 0 Å². The van der Waals surface area contributed by atoms with Crippen molar-refractivity contribution in [2.75, 3.05) is 0 Å². The largest absolute Gasteiger partial charge is 0.373 e. The minimum Gasteiger partial charge on any atom is -0.373 e. The lowest BCUT2D eigenvalue weighted by molar-refractivity contribution is 0.0434. The lowest BCUT2D eigenvalue weighted by atomic mass is 10.2. The van der Waals surface area contributed by atoms with Crippen molar-refractivity contribution in [1.82, 2.24) is 15.0 Å². The topological polar surface area (TPSA) is 66.0 Å². The van der Waals surface area contributed by atoms with Crippen LogP contribution in [0.25, 0.3) is 0 Å². The van der Waals surface area contributed by atoms with Gasteiger partial charge in [-0.1, -0.05) is 5.21 Å². The van der Waals surface area contributed by atoms with Crippen LogP contribution in [-0.2, 0) is 11.3 Å². The Morgan fingerprint density at radius 3 is 3.00 bits per heavy atom. The molecule has 1 fully saturated rings. The second-order valence-electron chi connectivity index (χ2n) is 4.30. The summed E-state index contributed by atoms with van der Waals surface area (Å²) in [5, 5.41) is 8.04. The zero-order valence-corrected chi connectivity index (χ0v) is 9.26. The summed E-state index contributed by atoms with van der Waals surface area (Å²) in [4.78, 5) is 0. The standard InChI is InChI=1S/C10H18N4O/c1-7-3-4-9(15-7)5-14-6-10(8(2)11)12-13-14/h6-9H,3-5,11H2,1-2H3. The maximum Gasteiger partial charge on any atom is 0.0991 e. The van der Waals surface area contributed by atoms with Crippen LogP contribution in [0.15, 0.2) is 6.20 Å². The van der Waals surface area contributed by atoms with Gasteiger partial charge in [-0.15, -0.1) is 5.10 Å². The molecule has 2 N–H and O–H groups in total. The van der Waals surface area contributed by atoms with Crippen molar-refractivity contribution in [3.05, 3.63) is 11.9 Å². The fourth-order valence-corrected chi connectivity index (χ4v) is 1.84. The molecule has 1 aromatic heterocycles. The lowest BCUT2D eigenvalue weighted by Gasteiger charge is -2.09. The molecule has 1 aliphatic rings. The van der Waals surface area contributed by atoms with Crippen molar-refractivity contribution < 1.29 is 4.74 Å². The molecule has 2 rings (SSSR count). The minimum atomic E-state index is -0.0535. The van der Waals surface area contributed by atoms with Crippen LogP contribution >= 0.6 is 0 Å². The highest BCUT2D eigenvalue weighted by molar-refractivity contribution is 4.97. The van der Waals surface area contributed by atoms with E-state index in [1.54, 1.807) is 0 Å². The molecule has 5 nitrogen and oxygen atoms in total. The lowest BCUT2D eigenvalue weighted by Crippen LogP contribution is -2.16. The Morgan fingerprint density at radius 2 is 2.47 bits per heavy atom. The molecule has 3 unspecified atom stereocenters. The number of aromatic nitrogens is 3. The van der Waals surface area contributed by atoms with Crippen LogP contribution in [0, 0.1) is 0 Å². The molecule has 1 aliphatic heterocycles. The van der Waals surface area contributed by atoms with Crippen LogP contribution < -0.4 is 5.73 Å². The van der Waals surface area contributed by atoms with Crippen LogP contribution in [0.2, 0.25) is 0 Å². The molecule has 0 radical (unpaired) electrons. The molecule has 0 spiro atoms. The zero-order valence-electron chi connectivity index (χ0n) is 9.26. The average molecular weight is 210 g/mol.